The Labute approximate surface area is 133 Å². The van der Waals surface area contributed by atoms with Gasteiger partial charge in [0.15, 0.2) is 0 Å². The number of carbonyl (C=O) groups is 2. The number of aromatic nitrogens is 1. The smallest absolute Gasteiger partial charge is 0.344 e. The maximum atomic E-state index is 12.1. The standard InChI is InChI=1S/C16H17NO6/c1-4-21-14-12(6-5-7-17-14)16(19)22-9-11-8-13(10(2)23-11)15(18)20-3/h5-8H,4,9H2,1-3H3. The predicted molar refractivity (Wildman–Crippen MR) is 79.3 cm³/mol. The van der Waals surface area contributed by atoms with E-state index in [-0.39, 0.29) is 18.1 Å². The number of pyridine rings is 1. The lowest BCUT2D eigenvalue weighted by molar-refractivity contribution is 0.0438. The van der Waals surface area contributed by atoms with E-state index < -0.39 is 11.9 Å². The molecule has 0 aliphatic carbocycles. The molecule has 0 atom stereocenters. The van der Waals surface area contributed by atoms with Gasteiger partial charge in [0.05, 0.1) is 13.7 Å². The molecule has 2 aromatic rings. The van der Waals surface area contributed by atoms with Crippen LogP contribution in [0.4, 0.5) is 0 Å². The van der Waals surface area contributed by atoms with Crippen molar-refractivity contribution >= 4 is 11.9 Å². The van der Waals surface area contributed by atoms with E-state index in [2.05, 4.69) is 9.72 Å². The highest BCUT2D eigenvalue weighted by Crippen LogP contribution is 2.19. The van der Waals surface area contributed by atoms with E-state index in [9.17, 15) is 9.59 Å². The third-order valence-electron chi connectivity index (χ3n) is 2.99. The summed E-state index contributed by atoms with van der Waals surface area (Å²) in [7, 11) is 1.28. The van der Waals surface area contributed by atoms with E-state index in [1.807, 2.05) is 0 Å². The SMILES string of the molecule is CCOc1ncccc1C(=O)OCc1cc(C(=O)OC)c(C)o1. The maximum absolute atomic E-state index is 12.1. The zero-order valence-corrected chi connectivity index (χ0v) is 13.1. The number of aryl methyl sites for hydroxylation is 1. The van der Waals surface area contributed by atoms with Crippen molar-refractivity contribution in [3.05, 3.63) is 47.0 Å². The van der Waals surface area contributed by atoms with Crippen molar-refractivity contribution in [1.29, 1.82) is 0 Å². The second-order valence-corrected chi connectivity index (χ2v) is 4.54. The van der Waals surface area contributed by atoms with E-state index in [1.54, 1.807) is 26.0 Å². The summed E-state index contributed by atoms with van der Waals surface area (Å²) < 4.78 is 20.5. The molecule has 7 nitrogen and oxygen atoms in total. The lowest BCUT2D eigenvalue weighted by atomic mass is 10.2. The fourth-order valence-corrected chi connectivity index (χ4v) is 1.94. The molecule has 0 fully saturated rings. The molecule has 0 aliphatic heterocycles. The maximum Gasteiger partial charge on any atom is 0.344 e. The summed E-state index contributed by atoms with van der Waals surface area (Å²) in [4.78, 5) is 27.6. The van der Waals surface area contributed by atoms with Gasteiger partial charge in [-0.1, -0.05) is 0 Å². The fourth-order valence-electron chi connectivity index (χ4n) is 1.94. The van der Waals surface area contributed by atoms with Crippen LogP contribution in [-0.2, 0) is 16.1 Å². The lowest BCUT2D eigenvalue weighted by Crippen LogP contribution is -2.09. The minimum Gasteiger partial charge on any atom is -0.477 e. The van der Waals surface area contributed by atoms with Gasteiger partial charge in [-0.2, -0.15) is 0 Å². The molecule has 0 unspecified atom stereocenters. The second kappa shape index (κ2) is 7.44. The molecule has 0 radical (unpaired) electrons. The van der Waals surface area contributed by atoms with Crippen molar-refractivity contribution in [1.82, 2.24) is 4.98 Å². The number of rotatable bonds is 6. The number of furan rings is 1. The van der Waals surface area contributed by atoms with E-state index in [4.69, 9.17) is 13.9 Å². The fraction of sp³-hybridized carbons (Fsp3) is 0.312. The van der Waals surface area contributed by atoms with Crippen LogP contribution >= 0.6 is 0 Å². The highest BCUT2D eigenvalue weighted by atomic mass is 16.5. The van der Waals surface area contributed by atoms with Gasteiger partial charge >= 0.3 is 11.9 Å². The van der Waals surface area contributed by atoms with Crippen LogP contribution in [0.1, 0.15) is 39.2 Å². The normalized spacial score (nSPS) is 10.2. The zero-order chi connectivity index (χ0) is 16.8. The van der Waals surface area contributed by atoms with Crippen molar-refractivity contribution < 1.29 is 28.2 Å². The summed E-state index contributed by atoms with van der Waals surface area (Å²) >= 11 is 0. The molecule has 23 heavy (non-hydrogen) atoms. The minimum absolute atomic E-state index is 0.114. The van der Waals surface area contributed by atoms with Gasteiger partial charge in [0.1, 0.15) is 29.3 Å². The minimum atomic E-state index is -0.588. The Morgan fingerprint density at radius 2 is 2.04 bits per heavy atom. The van der Waals surface area contributed by atoms with Crippen LogP contribution in [0.3, 0.4) is 0 Å². The third kappa shape index (κ3) is 3.88. The lowest BCUT2D eigenvalue weighted by Gasteiger charge is -2.07. The molecule has 7 heteroatoms. The summed E-state index contributed by atoms with van der Waals surface area (Å²) in [6.45, 7) is 3.70. The molecule has 0 aliphatic rings. The summed E-state index contributed by atoms with van der Waals surface area (Å²) in [5.74, 6) is -0.131. The molecule has 0 bridgehead atoms. The summed E-state index contributed by atoms with van der Waals surface area (Å²) in [6.07, 6.45) is 1.53. The number of hydrogen-bond acceptors (Lipinski definition) is 7. The molecule has 2 aromatic heterocycles. The molecule has 2 heterocycles. The first-order valence-corrected chi connectivity index (χ1v) is 6.99. The average molecular weight is 319 g/mol. The van der Waals surface area contributed by atoms with E-state index in [0.29, 0.717) is 23.7 Å². The van der Waals surface area contributed by atoms with Crippen molar-refractivity contribution in [3.8, 4) is 5.88 Å². The Kier molecular flexibility index (Phi) is 5.35. The van der Waals surface area contributed by atoms with E-state index in [1.165, 1.54) is 19.4 Å². The Balaban J connectivity index is 2.06. The van der Waals surface area contributed by atoms with Crippen LogP contribution in [-0.4, -0.2) is 30.6 Å². The van der Waals surface area contributed by atoms with Crippen molar-refractivity contribution in [2.24, 2.45) is 0 Å². The first-order chi connectivity index (χ1) is 11.1. The Bertz CT molecular complexity index is 706. The molecule has 0 N–H and O–H groups in total. The van der Waals surface area contributed by atoms with E-state index >= 15 is 0 Å². The molecule has 0 amide bonds. The number of nitrogens with zero attached hydrogens (tertiary/aromatic N) is 1. The summed E-state index contributed by atoms with van der Waals surface area (Å²) in [5, 5.41) is 0. The molecular weight excluding hydrogens is 302 g/mol. The largest absolute Gasteiger partial charge is 0.477 e. The molecule has 2 rings (SSSR count). The highest BCUT2D eigenvalue weighted by molar-refractivity contribution is 5.92. The van der Waals surface area contributed by atoms with Crippen LogP contribution in [0.25, 0.3) is 0 Å². The van der Waals surface area contributed by atoms with Gasteiger partial charge in [-0.25, -0.2) is 14.6 Å². The van der Waals surface area contributed by atoms with Gasteiger partial charge in [-0.15, -0.1) is 0 Å². The Morgan fingerprint density at radius 3 is 2.74 bits per heavy atom. The van der Waals surface area contributed by atoms with Gasteiger partial charge in [0.2, 0.25) is 5.88 Å². The van der Waals surface area contributed by atoms with Crippen molar-refractivity contribution in [3.63, 3.8) is 0 Å². The Morgan fingerprint density at radius 1 is 1.26 bits per heavy atom. The number of hydrogen-bond donors (Lipinski definition) is 0. The quantitative estimate of drug-likeness (QED) is 0.756. The van der Waals surface area contributed by atoms with Crippen molar-refractivity contribution in [2.75, 3.05) is 13.7 Å². The second-order valence-electron chi connectivity index (χ2n) is 4.54. The first kappa shape index (κ1) is 16.5. The van der Waals surface area contributed by atoms with Crippen LogP contribution in [0.5, 0.6) is 5.88 Å². The monoisotopic (exact) mass is 319 g/mol. The number of esters is 2. The van der Waals surface area contributed by atoms with Crippen LogP contribution in [0, 0.1) is 6.92 Å². The third-order valence-corrected chi connectivity index (χ3v) is 2.99. The summed E-state index contributed by atoms with van der Waals surface area (Å²) in [5.41, 5.74) is 0.528. The molecule has 0 saturated heterocycles. The van der Waals surface area contributed by atoms with Gasteiger partial charge < -0.3 is 18.6 Å². The van der Waals surface area contributed by atoms with E-state index in [0.717, 1.165) is 0 Å². The molecule has 0 spiro atoms. The topological polar surface area (TPSA) is 87.9 Å². The zero-order valence-electron chi connectivity index (χ0n) is 13.1. The van der Waals surface area contributed by atoms with Crippen molar-refractivity contribution in [2.45, 2.75) is 20.5 Å². The van der Waals surface area contributed by atoms with Gasteiger partial charge in [-0.3, -0.25) is 0 Å². The molecule has 0 saturated carbocycles. The Hall–Kier alpha value is -2.83. The van der Waals surface area contributed by atoms with Crippen LogP contribution in [0.15, 0.2) is 28.8 Å². The van der Waals surface area contributed by atoms with Gasteiger partial charge in [0.25, 0.3) is 0 Å². The van der Waals surface area contributed by atoms with Gasteiger partial charge in [0, 0.05) is 6.20 Å². The van der Waals surface area contributed by atoms with Crippen LogP contribution < -0.4 is 4.74 Å². The molecule has 122 valence electrons. The first-order valence-electron chi connectivity index (χ1n) is 6.99. The van der Waals surface area contributed by atoms with Crippen LogP contribution in [0.2, 0.25) is 0 Å². The molecule has 0 aromatic carbocycles. The van der Waals surface area contributed by atoms with Gasteiger partial charge in [-0.05, 0) is 32.0 Å². The number of carbonyl (C=O) groups excluding carboxylic acids is 2. The number of ether oxygens (including phenoxy) is 3. The predicted octanol–water partition coefficient (Wildman–Crippen LogP) is 2.53. The molecular formula is C16H17NO6. The number of methoxy groups -OCH3 is 1. The summed E-state index contributed by atoms with van der Waals surface area (Å²) in [6, 6.07) is 4.67. The average Bonchev–Trinajstić information content (AvgIpc) is 2.93. The highest BCUT2D eigenvalue weighted by Gasteiger charge is 2.18.